The normalized spacial score (nSPS) is 18.4. The Hall–Kier alpha value is -2.82. The molecule has 1 heterocycles. The SMILES string of the molecule is Cc1cc2c(cc1/C=N/Nc1ccc(C(=O)O)cc1)[C@H](C)CC(C)(C)N2C. The molecule has 2 aromatic rings. The molecule has 2 N–H and O–H groups in total. The summed E-state index contributed by atoms with van der Waals surface area (Å²) >= 11 is 0. The molecule has 142 valence electrons. The van der Waals surface area contributed by atoms with Gasteiger partial charge in [-0.1, -0.05) is 6.92 Å². The monoisotopic (exact) mass is 365 g/mol. The Bertz CT molecular complexity index is 885. The first-order chi connectivity index (χ1) is 12.7. The van der Waals surface area contributed by atoms with Crippen molar-refractivity contribution in [3.63, 3.8) is 0 Å². The van der Waals surface area contributed by atoms with Gasteiger partial charge in [-0.15, -0.1) is 0 Å². The predicted molar refractivity (Wildman–Crippen MR) is 111 cm³/mol. The predicted octanol–water partition coefficient (Wildman–Crippen LogP) is 4.86. The molecule has 0 aliphatic carbocycles. The summed E-state index contributed by atoms with van der Waals surface area (Å²) in [6, 6.07) is 11.0. The third-order valence-electron chi connectivity index (χ3n) is 5.55. The molecule has 5 nitrogen and oxygen atoms in total. The number of carboxylic acid groups (broad SMARTS) is 1. The van der Waals surface area contributed by atoms with Crippen LogP contribution in [0.5, 0.6) is 0 Å². The highest BCUT2D eigenvalue weighted by Gasteiger charge is 2.34. The Labute approximate surface area is 160 Å². The molecule has 27 heavy (non-hydrogen) atoms. The van der Waals surface area contributed by atoms with Gasteiger partial charge in [-0.25, -0.2) is 4.79 Å². The van der Waals surface area contributed by atoms with E-state index in [9.17, 15) is 4.79 Å². The highest BCUT2D eigenvalue weighted by atomic mass is 16.4. The summed E-state index contributed by atoms with van der Waals surface area (Å²) in [7, 11) is 2.17. The van der Waals surface area contributed by atoms with Crippen LogP contribution in [0.1, 0.15) is 60.2 Å². The van der Waals surface area contributed by atoms with Crippen LogP contribution < -0.4 is 10.3 Å². The van der Waals surface area contributed by atoms with E-state index in [0.717, 1.165) is 17.7 Å². The lowest BCUT2D eigenvalue weighted by Gasteiger charge is -2.45. The maximum Gasteiger partial charge on any atom is 0.335 e. The van der Waals surface area contributed by atoms with Crippen molar-refractivity contribution in [1.29, 1.82) is 0 Å². The van der Waals surface area contributed by atoms with Gasteiger partial charge in [-0.3, -0.25) is 5.43 Å². The topological polar surface area (TPSA) is 64.9 Å². The minimum atomic E-state index is -0.933. The van der Waals surface area contributed by atoms with E-state index in [1.807, 2.05) is 6.21 Å². The van der Waals surface area contributed by atoms with Gasteiger partial charge in [0.15, 0.2) is 0 Å². The van der Waals surface area contributed by atoms with Crippen LogP contribution in [0.15, 0.2) is 41.5 Å². The van der Waals surface area contributed by atoms with E-state index >= 15 is 0 Å². The largest absolute Gasteiger partial charge is 0.478 e. The first-order valence-electron chi connectivity index (χ1n) is 9.20. The van der Waals surface area contributed by atoms with Crippen LogP contribution in [0, 0.1) is 6.92 Å². The van der Waals surface area contributed by atoms with E-state index in [4.69, 9.17) is 5.11 Å². The lowest BCUT2D eigenvalue weighted by Crippen LogP contribution is -2.45. The minimum absolute atomic E-state index is 0.151. The molecule has 0 spiro atoms. The summed E-state index contributed by atoms with van der Waals surface area (Å²) in [5, 5.41) is 13.3. The summed E-state index contributed by atoms with van der Waals surface area (Å²) in [5.41, 5.74) is 9.05. The summed E-state index contributed by atoms with van der Waals surface area (Å²) in [5.74, 6) is -0.438. The molecule has 3 rings (SSSR count). The third-order valence-corrected chi connectivity index (χ3v) is 5.55. The number of hydrogen-bond donors (Lipinski definition) is 2. The van der Waals surface area contributed by atoms with Crippen LogP contribution >= 0.6 is 0 Å². The number of aromatic carboxylic acids is 1. The number of aryl methyl sites for hydroxylation is 1. The molecule has 0 radical (unpaired) electrons. The summed E-state index contributed by atoms with van der Waals surface area (Å²) in [6.45, 7) is 8.96. The zero-order chi connectivity index (χ0) is 19.8. The van der Waals surface area contributed by atoms with E-state index in [1.54, 1.807) is 24.3 Å². The van der Waals surface area contributed by atoms with Gasteiger partial charge in [0.1, 0.15) is 0 Å². The number of hydrogen-bond acceptors (Lipinski definition) is 4. The molecule has 1 atom stereocenters. The van der Waals surface area contributed by atoms with Gasteiger partial charge in [0.05, 0.1) is 17.5 Å². The molecule has 1 aliphatic rings. The molecule has 0 saturated carbocycles. The number of fused-ring (bicyclic) bond motifs is 1. The molecule has 0 amide bonds. The molecule has 0 fully saturated rings. The second-order valence-corrected chi connectivity index (χ2v) is 8.00. The number of nitrogens with one attached hydrogen (secondary N) is 1. The van der Waals surface area contributed by atoms with E-state index in [-0.39, 0.29) is 11.1 Å². The van der Waals surface area contributed by atoms with Crippen molar-refractivity contribution in [2.75, 3.05) is 17.4 Å². The molecule has 0 aromatic heterocycles. The molecule has 1 aliphatic heterocycles. The number of anilines is 2. The number of carboxylic acids is 1. The standard InChI is InChI=1S/C22H27N3O2/c1-14-10-20-19(15(2)12-22(3,4)25(20)5)11-17(14)13-23-24-18-8-6-16(7-9-18)21(26)27/h6-11,13,15,24H,12H2,1-5H3,(H,26,27)/b23-13+/t15-/m1/s1. The zero-order valence-corrected chi connectivity index (χ0v) is 16.6. The van der Waals surface area contributed by atoms with Crippen molar-refractivity contribution in [2.45, 2.75) is 45.6 Å². The smallest absolute Gasteiger partial charge is 0.335 e. The van der Waals surface area contributed by atoms with Gasteiger partial charge in [-0.05, 0) is 86.2 Å². The van der Waals surface area contributed by atoms with Crippen LogP contribution in [0.4, 0.5) is 11.4 Å². The second kappa shape index (κ2) is 7.06. The van der Waals surface area contributed by atoms with Crippen molar-refractivity contribution in [3.05, 3.63) is 58.7 Å². The van der Waals surface area contributed by atoms with Crippen LogP contribution in [-0.2, 0) is 0 Å². The van der Waals surface area contributed by atoms with Crippen molar-refractivity contribution >= 4 is 23.6 Å². The number of rotatable bonds is 4. The Morgan fingerprint density at radius 1 is 1.30 bits per heavy atom. The fourth-order valence-corrected chi connectivity index (χ4v) is 3.74. The summed E-state index contributed by atoms with van der Waals surface area (Å²) in [6.07, 6.45) is 2.94. The average Bonchev–Trinajstić information content (AvgIpc) is 2.61. The highest BCUT2D eigenvalue weighted by molar-refractivity contribution is 5.88. The average molecular weight is 365 g/mol. The Morgan fingerprint density at radius 2 is 1.96 bits per heavy atom. The number of nitrogens with zero attached hydrogens (tertiary/aromatic N) is 2. The van der Waals surface area contributed by atoms with Gasteiger partial charge in [0.2, 0.25) is 0 Å². The fourth-order valence-electron chi connectivity index (χ4n) is 3.74. The van der Waals surface area contributed by atoms with E-state index in [2.05, 4.69) is 62.3 Å². The van der Waals surface area contributed by atoms with Crippen LogP contribution in [0.25, 0.3) is 0 Å². The maximum absolute atomic E-state index is 10.9. The molecule has 0 unspecified atom stereocenters. The van der Waals surface area contributed by atoms with Crippen molar-refractivity contribution in [1.82, 2.24) is 0 Å². The van der Waals surface area contributed by atoms with E-state index < -0.39 is 5.97 Å². The number of hydrazone groups is 1. The van der Waals surface area contributed by atoms with Gasteiger partial charge in [0, 0.05) is 18.3 Å². The van der Waals surface area contributed by atoms with Gasteiger partial charge >= 0.3 is 5.97 Å². The van der Waals surface area contributed by atoms with Crippen molar-refractivity contribution in [2.24, 2.45) is 5.10 Å². The molecule has 0 saturated heterocycles. The Kier molecular flexibility index (Phi) is 4.96. The van der Waals surface area contributed by atoms with Crippen LogP contribution in [0.3, 0.4) is 0 Å². The van der Waals surface area contributed by atoms with Crippen LogP contribution in [0.2, 0.25) is 0 Å². The first kappa shape index (κ1) is 19.0. The van der Waals surface area contributed by atoms with Crippen LogP contribution in [-0.4, -0.2) is 29.9 Å². The molecule has 2 aromatic carbocycles. The lowest BCUT2D eigenvalue weighted by molar-refractivity contribution is 0.0697. The zero-order valence-electron chi connectivity index (χ0n) is 16.6. The Morgan fingerprint density at radius 3 is 2.59 bits per heavy atom. The second-order valence-electron chi connectivity index (χ2n) is 8.00. The maximum atomic E-state index is 10.9. The molecule has 5 heteroatoms. The summed E-state index contributed by atoms with van der Waals surface area (Å²) < 4.78 is 0. The minimum Gasteiger partial charge on any atom is -0.478 e. The quantitative estimate of drug-likeness (QED) is 0.600. The summed E-state index contributed by atoms with van der Waals surface area (Å²) in [4.78, 5) is 13.3. The lowest BCUT2D eigenvalue weighted by atomic mass is 9.79. The van der Waals surface area contributed by atoms with E-state index in [0.29, 0.717) is 5.92 Å². The highest BCUT2D eigenvalue weighted by Crippen LogP contribution is 2.43. The Balaban J connectivity index is 1.81. The number of carbonyl (C=O) groups is 1. The van der Waals surface area contributed by atoms with E-state index in [1.165, 1.54) is 16.8 Å². The fraction of sp³-hybridized carbons (Fsp3) is 0.364. The van der Waals surface area contributed by atoms with Crippen molar-refractivity contribution < 1.29 is 9.90 Å². The van der Waals surface area contributed by atoms with Gasteiger partial charge in [-0.2, -0.15) is 5.10 Å². The number of benzene rings is 2. The van der Waals surface area contributed by atoms with Crippen molar-refractivity contribution in [3.8, 4) is 0 Å². The first-order valence-corrected chi connectivity index (χ1v) is 9.20. The molecular formula is C22H27N3O2. The molecule has 0 bridgehead atoms. The third kappa shape index (κ3) is 3.82. The van der Waals surface area contributed by atoms with Gasteiger partial charge < -0.3 is 10.0 Å². The molecular weight excluding hydrogens is 338 g/mol. The van der Waals surface area contributed by atoms with Gasteiger partial charge in [0.25, 0.3) is 0 Å².